The molecule has 0 saturated heterocycles. The van der Waals surface area contributed by atoms with Crippen LogP contribution in [0.1, 0.15) is 28.8 Å². The number of nitrogens with one attached hydrogen (secondary N) is 2. The predicted octanol–water partition coefficient (Wildman–Crippen LogP) is 4.93. The number of fused-ring (bicyclic) bond motifs is 2. The van der Waals surface area contributed by atoms with Gasteiger partial charge in [-0.2, -0.15) is 13.5 Å². The van der Waals surface area contributed by atoms with Gasteiger partial charge in [0.1, 0.15) is 12.1 Å². The van der Waals surface area contributed by atoms with Crippen molar-refractivity contribution in [3.63, 3.8) is 0 Å². The Morgan fingerprint density at radius 1 is 0.943 bits per heavy atom. The Hall–Kier alpha value is -4.04. The minimum absolute atomic E-state index is 0. The van der Waals surface area contributed by atoms with Gasteiger partial charge in [-0.05, 0) is 29.8 Å². The molecule has 0 fully saturated rings. The molecule has 0 aliphatic rings. The van der Waals surface area contributed by atoms with Gasteiger partial charge in [0, 0.05) is 54.3 Å². The second-order valence-corrected chi connectivity index (χ2v) is 8.16. The molecule has 0 aliphatic heterocycles. The summed E-state index contributed by atoms with van der Waals surface area (Å²) in [5.74, 6) is 0.775. The molecule has 2 aromatic carbocycles. The number of benzene rings is 2. The number of anilines is 1. The SMILES string of the molecule is CNC(=O)c1ccnc2c([C@H](C)CNc3cc(-c4ccc5ncccc5c4)ncn3)cccc12.S. The number of hydrogen-bond donors (Lipinski definition) is 2. The van der Waals surface area contributed by atoms with Crippen molar-refractivity contribution in [3.8, 4) is 11.3 Å². The highest BCUT2D eigenvalue weighted by Gasteiger charge is 2.15. The van der Waals surface area contributed by atoms with E-state index in [9.17, 15) is 4.79 Å². The molecule has 3 aromatic heterocycles. The molecule has 0 bridgehead atoms. The smallest absolute Gasteiger partial charge is 0.251 e. The van der Waals surface area contributed by atoms with E-state index in [1.54, 1.807) is 31.8 Å². The zero-order valence-corrected chi connectivity index (χ0v) is 20.5. The summed E-state index contributed by atoms with van der Waals surface area (Å²) in [6.07, 6.45) is 5.05. The van der Waals surface area contributed by atoms with Crippen molar-refractivity contribution >= 4 is 47.0 Å². The lowest BCUT2D eigenvalue weighted by Gasteiger charge is -2.16. The zero-order chi connectivity index (χ0) is 23.5. The Morgan fingerprint density at radius 2 is 1.83 bits per heavy atom. The highest BCUT2D eigenvalue weighted by Crippen LogP contribution is 2.27. The molecular formula is C27H26N6OS. The van der Waals surface area contributed by atoms with Crippen LogP contribution in [0.5, 0.6) is 0 Å². The molecule has 35 heavy (non-hydrogen) atoms. The average molecular weight is 483 g/mol. The fraction of sp³-hybridized carbons (Fsp3) is 0.148. The Labute approximate surface area is 210 Å². The Balaban J connectivity index is 0.00000289. The first-order valence-electron chi connectivity index (χ1n) is 11.1. The van der Waals surface area contributed by atoms with Crippen LogP contribution in [0, 0.1) is 0 Å². The van der Waals surface area contributed by atoms with Gasteiger partial charge < -0.3 is 10.6 Å². The standard InChI is InChI=1S/C27H24N6O.H2S/c1-17(20-6-3-7-21-22(27(34)28-2)10-12-30-26(20)21)15-31-25-14-24(32-16-33-25)19-8-9-23-18(13-19)5-4-11-29-23;/h3-14,16-17H,15H2,1-2H3,(H,28,34)(H,31,32,33);1H2/t17-;/m1./s1. The molecule has 0 radical (unpaired) electrons. The molecule has 0 saturated carbocycles. The van der Waals surface area contributed by atoms with E-state index in [-0.39, 0.29) is 25.3 Å². The van der Waals surface area contributed by atoms with E-state index in [1.807, 2.05) is 42.5 Å². The highest BCUT2D eigenvalue weighted by molar-refractivity contribution is 7.59. The summed E-state index contributed by atoms with van der Waals surface area (Å²) in [5, 5.41) is 8.05. The number of carbonyl (C=O) groups excluding carboxylic acids is 1. The van der Waals surface area contributed by atoms with Crippen LogP contribution in [0.25, 0.3) is 33.1 Å². The van der Waals surface area contributed by atoms with Crippen LogP contribution < -0.4 is 10.6 Å². The summed E-state index contributed by atoms with van der Waals surface area (Å²) in [6.45, 7) is 2.79. The topological polar surface area (TPSA) is 92.7 Å². The summed E-state index contributed by atoms with van der Waals surface area (Å²) < 4.78 is 0. The van der Waals surface area contributed by atoms with Crippen LogP contribution in [-0.2, 0) is 0 Å². The number of rotatable bonds is 6. The summed E-state index contributed by atoms with van der Waals surface area (Å²) in [5.41, 5.74) is 5.35. The normalized spacial score (nSPS) is 11.6. The van der Waals surface area contributed by atoms with Gasteiger partial charge in [0.05, 0.1) is 22.3 Å². The van der Waals surface area contributed by atoms with Crippen molar-refractivity contribution < 1.29 is 4.79 Å². The molecule has 7 nitrogen and oxygen atoms in total. The second kappa shape index (κ2) is 10.5. The van der Waals surface area contributed by atoms with Crippen LogP contribution in [-0.4, -0.2) is 39.4 Å². The van der Waals surface area contributed by atoms with Crippen molar-refractivity contribution in [1.82, 2.24) is 25.3 Å². The van der Waals surface area contributed by atoms with E-state index in [4.69, 9.17) is 0 Å². The van der Waals surface area contributed by atoms with E-state index in [0.29, 0.717) is 12.1 Å². The van der Waals surface area contributed by atoms with Crippen molar-refractivity contribution in [1.29, 1.82) is 0 Å². The van der Waals surface area contributed by atoms with E-state index in [1.165, 1.54) is 0 Å². The van der Waals surface area contributed by atoms with Crippen LogP contribution in [0.2, 0.25) is 0 Å². The number of para-hydroxylation sites is 1. The molecule has 0 spiro atoms. The Morgan fingerprint density at radius 3 is 2.69 bits per heavy atom. The molecule has 1 amide bonds. The van der Waals surface area contributed by atoms with E-state index < -0.39 is 0 Å². The van der Waals surface area contributed by atoms with Gasteiger partial charge in [0.25, 0.3) is 5.91 Å². The fourth-order valence-corrected chi connectivity index (χ4v) is 4.14. The lowest BCUT2D eigenvalue weighted by molar-refractivity contribution is 0.0964. The first kappa shape index (κ1) is 24.1. The van der Waals surface area contributed by atoms with Gasteiger partial charge in [-0.3, -0.25) is 14.8 Å². The van der Waals surface area contributed by atoms with Crippen LogP contribution in [0.3, 0.4) is 0 Å². The number of pyridine rings is 2. The van der Waals surface area contributed by atoms with Gasteiger partial charge in [-0.15, -0.1) is 0 Å². The molecule has 1 atom stereocenters. The number of nitrogens with zero attached hydrogens (tertiary/aromatic N) is 4. The van der Waals surface area contributed by atoms with Gasteiger partial charge in [0.2, 0.25) is 0 Å². The van der Waals surface area contributed by atoms with Gasteiger partial charge >= 0.3 is 0 Å². The first-order chi connectivity index (χ1) is 16.6. The van der Waals surface area contributed by atoms with Crippen molar-refractivity contribution in [2.24, 2.45) is 0 Å². The molecule has 5 rings (SSSR count). The van der Waals surface area contributed by atoms with Gasteiger partial charge in [-0.1, -0.05) is 37.3 Å². The van der Waals surface area contributed by atoms with Crippen molar-refractivity contribution in [2.45, 2.75) is 12.8 Å². The maximum atomic E-state index is 12.3. The monoisotopic (exact) mass is 482 g/mol. The number of amides is 1. The third kappa shape index (κ3) is 4.93. The lowest BCUT2D eigenvalue weighted by atomic mass is 9.96. The molecule has 5 aromatic rings. The first-order valence-corrected chi connectivity index (χ1v) is 11.1. The highest BCUT2D eigenvalue weighted by atomic mass is 32.1. The Kier molecular flexibility index (Phi) is 7.22. The minimum Gasteiger partial charge on any atom is -0.369 e. The Bertz CT molecular complexity index is 1510. The maximum Gasteiger partial charge on any atom is 0.251 e. The third-order valence-corrected chi connectivity index (χ3v) is 5.96. The van der Waals surface area contributed by atoms with Crippen LogP contribution in [0.4, 0.5) is 5.82 Å². The zero-order valence-electron chi connectivity index (χ0n) is 19.5. The molecule has 2 N–H and O–H groups in total. The third-order valence-electron chi connectivity index (χ3n) is 5.96. The van der Waals surface area contributed by atoms with Crippen LogP contribution in [0.15, 0.2) is 79.4 Å². The van der Waals surface area contributed by atoms with Crippen molar-refractivity contribution in [2.75, 3.05) is 18.9 Å². The molecule has 176 valence electrons. The van der Waals surface area contributed by atoms with Gasteiger partial charge in [0.15, 0.2) is 0 Å². The van der Waals surface area contributed by atoms with Gasteiger partial charge in [-0.25, -0.2) is 9.97 Å². The number of hydrogen-bond acceptors (Lipinski definition) is 6. The number of carbonyl (C=O) groups is 1. The van der Waals surface area contributed by atoms with Crippen LogP contribution >= 0.6 is 13.5 Å². The fourth-order valence-electron chi connectivity index (χ4n) is 4.14. The number of aromatic nitrogens is 4. The summed E-state index contributed by atoms with van der Waals surface area (Å²) >= 11 is 0. The molecular weight excluding hydrogens is 456 g/mol. The summed E-state index contributed by atoms with van der Waals surface area (Å²) in [6, 6.07) is 19.8. The summed E-state index contributed by atoms with van der Waals surface area (Å²) in [7, 11) is 1.63. The lowest BCUT2D eigenvalue weighted by Crippen LogP contribution is -2.18. The minimum atomic E-state index is -0.117. The molecule has 8 heteroatoms. The average Bonchev–Trinajstić information content (AvgIpc) is 2.90. The maximum absolute atomic E-state index is 12.3. The molecule has 0 aliphatic carbocycles. The summed E-state index contributed by atoms with van der Waals surface area (Å²) in [4.78, 5) is 30.1. The van der Waals surface area contributed by atoms with E-state index >= 15 is 0 Å². The van der Waals surface area contributed by atoms with Crippen molar-refractivity contribution in [3.05, 3.63) is 90.5 Å². The second-order valence-electron chi connectivity index (χ2n) is 8.16. The molecule has 0 unspecified atom stereocenters. The predicted molar refractivity (Wildman–Crippen MR) is 145 cm³/mol. The largest absolute Gasteiger partial charge is 0.369 e. The quantitative estimate of drug-likeness (QED) is 0.357. The molecule has 3 heterocycles. The van der Waals surface area contributed by atoms with E-state index in [0.717, 1.165) is 44.4 Å². The van der Waals surface area contributed by atoms with E-state index in [2.05, 4.69) is 49.6 Å².